The molecule has 1 aliphatic heterocycles. The summed E-state index contributed by atoms with van der Waals surface area (Å²) < 4.78 is 5.71. The summed E-state index contributed by atoms with van der Waals surface area (Å²) in [6.45, 7) is 7.31. The molecule has 0 saturated carbocycles. The molecule has 0 radical (unpaired) electrons. The highest BCUT2D eigenvalue weighted by Crippen LogP contribution is 2.26. The lowest BCUT2D eigenvalue weighted by Gasteiger charge is -2.44. The molecule has 2 aromatic rings. The minimum atomic E-state index is -0.285. The molecular weight excluding hydrogens is 286 g/mol. The quantitative estimate of drug-likeness (QED) is 0.839. The molecular formula is C20H23NO2. The molecule has 0 aromatic heterocycles. The fourth-order valence-electron chi connectivity index (χ4n) is 2.96. The fraction of sp³-hybridized carbons (Fsp3) is 0.350. The molecule has 3 nitrogen and oxygen atoms in total. The van der Waals surface area contributed by atoms with Gasteiger partial charge in [-0.05, 0) is 44.0 Å². The number of carbonyl (C=O) groups excluding carboxylic acids is 1. The predicted molar refractivity (Wildman–Crippen MR) is 92.4 cm³/mol. The van der Waals surface area contributed by atoms with E-state index in [0.29, 0.717) is 13.2 Å². The number of amides is 1. The largest absolute Gasteiger partial charge is 0.374 e. The van der Waals surface area contributed by atoms with Crippen LogP contribution in [0.3, 0.4) is 0 Å². The van der Waals surface area contributed by atoms with Crippen LogP contribution in [0.1, 0.15) is 31.1 Å². The highest BCUT2D eigenvalue weighted by atomic mass is 16.5. The zero-order chi connectivity index (χ0) is 16.4. The Balaban J connectivity index is 1.91. The number of hydrogen-bond donors (Lipinski definition) is 0. The molecule has 3 rings (SSSR count). The average Bonchev–Trinajstić information content (AvgIpc) is 2.57. The lowest BCUT2D eigenvalue weighted by Crippen LogP contribution is -2.57. The van der Waals surface area contributed by atoms with E-state index in [1.807, 2.05) is 54.3 Å². The molecule has 3 heteroatoms. The summed E-state index contributed by atoms with van der Waals surface area (Å²) in [6, 6.07) is 18.0. The summed E-state index contributed by atoms with van der Waals surface area (Å²) in [4.78, 5) is 15.0. The minimum absolute atomic E-state index is 0.0722. The predicted octanol–water partition coefficient (Wildman–Crippen LogP) is 3.99. The molecule has 1 unspecified atom stereocenters. The average molecular weight is 309 g/mol. The van der Waals surface area contributed by atoms with Crippen molar-refractivity contribution in [3.8, 4) is 11.1 Å². The molecule has 1 atom stereocenters. The summed E-state index contributed by atoms with van der Waals surface area (Å²) in [5.41, 5.74) is 2.63. The Hall–Kier alpha value is -2.13. The smallest absolute Gasteiger partial charge is 0.254 e. The van der Waals surface area contributed by atoms with Crippen molar-refractivity contribution in [2.24, 2.45) is 0 Å². The third-order valence-electron chi connectivity index (χ3n) is 4.35. The van der Waals surface area contributed by atoms with Crippen molar-refractivity contribution in [3.05, 3.63) is 60.2 Å². The lowest BCUT2D eigenvalue weighted by atomic mass is 9.98. The van der Waals surface area contributed by atoms with Gasteiger partial charge >= 0.3 is 0 Å². The summed E-state index contributed by atoms with van der Waals surface area (Å²) in [5, 5.41) is 0. The molecule has 1 heterocycles. The van der Waals surface area contributed by atoms with Gasteiger partial charge in [0.1, 0.15) is 0 Å². The highest BCUT2D eigenvalue weighted by molar-refractivity contribution is 5.96. The molecule has 0 N–H and O–H groups in total. The van der Waals surface area contributed by atoms with Gasteiger partial charge in [0.25, 0.3) is 5.91 Å². The monoisotopic (exact) mass is 309 g/mol. The second-order valence-electron chi connectivity index (χ2n) is 6.80. The summed E-state index contributed by atoms with van der Waals surface area (Å²) >= 11 is 0. The van der Waals surface area contributed by atoms with E-state index >= 15 is 0 Å². The maximum atomic E-state index is 13.0. The van der Waals surface area contributed by atoms with Gasteiger partial charge in [0.05, 0.1) is 18.2 Å². The van der Waals surface area contributed by atoms with Crippen molar-refractivity contribution in [3.63, 3.8) is 0 Å². The van der Waals surface area contributed by atoms with Gasteiger partial charge in [-0.25, -0.2) is 0 Å². The number of morpholine rings is 1. The highest BCUT2D eigenvalue weighted by Gasteiger charge is 2.37. The number of rotatable bonds is 2. The molecule has 1 fully saturated rings. The molecule has 1 aliphatic rings. The maximum Gasteiger partial charge on any atom is 0.254 e. The van der Waals surface area contributed by atoms with E-state index in [-0.39, 0.29) is 17.6 Å². The van der Waals surface area contributed by atoms with Crippen molar-refractivity contribution in [1.29, 1.82) is 0 Å². The Bertz CT molecular complexity index is 694. The molecule has 0 aliphatic carbocycles. The van der Waals surface area contributed by atoms with Gasteiger partial charge in [0.2, 0.25) is 0 Å². The third-order valence-corrected chi connectivity index (χ3v) is 4.35. The first-order chi connectivity index (χ1) is 11.0. The minimum Gasteiger partial charge on any atom is -0.374 e. The van der Waals surface area contributed by atoms with Crippen LogP contribution in [0.15, 0.2) is 54.6 Å². The first-order valence-electron chi connectivity index (χ1n) is 8.06. The van der Waals surface area contributed by atoms with Gasteiger partial charge in [-0.1, -0.05) is 42.5 Å². The van der Waals surface area contributed by atoms with E-state index in [0.717, 1.165) is 16.7 Å². The molecule has 0 bridgehead atoms. The first-order valence-corrected chi connectivity index (χ1v) is 8.06. The van der Waals surface area contributed by atoms with Gasteiger partial charge in [0, 0.05) is 12.1 Å². The SMILES string of the molecule is CC1CN(C(=O)c2cccc(-c3ccccc3)c2)C(C)(C)CO1. The van der Waals surface area contributed by atoms with E-state index < -0.39 is 0 Å². The number of hydrogen-bond acceptors (Lipinski definition) is 2. The normalized spacial score (nSPS) is 20.3. The van der Waals surface area contributed by atoms with Crippen molar-refractivity contribution in [2.75, 3.05) is 13.2 Å². The van der Waals surface area contributed by atoms with Crippen LogP contribution in [0.25, 0.3) is 11.1 Å². The van der Waals surface area contributed by atoms with Gasteiger partial charge in [-0.3, -0.25) is 4.79 Å². The number of ether oxygens (including phenoxy) is 1. The van der Waals surface area contributed by atoms with E-state index in [4.69, 9.17) is 4.74 Å². The standard InChI is InChI=1S/C20H23NO2/c1-15-13-21(20(2,3)14-23-15)19(22)18-11-7-10-17(12-18)16-8-5-4-6-9-16/h4-12,15H,13-14H2,1-3H3. The molecule has 1 saturated heterocycles. The zero-order valence-corrected chi connectivity index (χ0v) is 14.0. The van der Waals surface area contributed by atoms with Crippen LogP contribution < -0.4 is 0 Å². The van der Waals surface area contributed by atoms with Crippen LogP contribution >= 0.6 is 0 Å². The Morgan fingerprint density at radius 3 is 2.52 bits per heavy atom. The van der Waals surface area contributed by atoms with E-state index in [1.54, 1.807) is 0 Å². The van der Waals surface area contributed by atoms with Crippen LogP contribution in [0.2, 0.25) is 0 Å². The number of benzene rings is 2. The van der Waals surface area contributed by atoms with Crippen molar-refractivity contribution in [1.82, 2.24) is 4.90 Å². The van der Waals surface area contributed by atoms with E-state index in [9.17, 15) is 4.79 Å². The Kier molecular flexibility index (Phi) is 4.22. The Morgan fingerprint density at radius 1 is 1.09 bits per heavy atom. The molecule has 1 amide bonds. The maximum absolute atomic E-state index is 13.0. The molecule has 0 spiro atoms. The Labute approximate surface area is 137 Å². The zero-order valence-electron chi connectivity index (χ0n) is 14.0. The van der Waals surface area contributed by atoms with Gasteiger partial charge < -0.3 is 9.64 Å². The number of nitrogens with zero attached hydrogens (tertiary/aromatic N) is 1. The first kappa shape index (κ1) is 15.8. The molecule has 2 aromatic carbocycles. The second-order valence-corrected chi connectivity index (χ2v) is 6.80. The van der Waals surface area contributed by atoms with Crippen LogP contribution in [-0.2, 0) is 4.74 Å². The van der Waals surface area contributed by atoms with Crippen LogP contribution in [0.4, 0.5) is 0 Å². The molecule has 23 heavy (non-hydrogen) atoms. The van der Waals surface area contributed by atoms with Crippen molar-refractivity contribution < 1.29 is 9.53 Å². The van der Waals surface area contributed by atoms with Crippen LogP contribution in [0, 0.1) is 0 Å². The second kappa shape index (κ2) is 6.17. The molecule has 120 valence electrons. The van der Waals surface area contributed by atoms with Crippen molar-refractivity contribution >= 4 is 5.91 Å². The van der Waals surface area contributed by atoms with Crippen LogP contribution in [-0.4, -0.2) is 35.6 Å². The van der Waals surface area contributed by atoms with Crippen LogP contribution in [0.5, 0.6) is 0 Å². The lowest BCUT2D eigenvalue weighted by molar-refractivity contribution is -0.0755. The van der Waals surface area contributed by atoms with Gasteiger partial charge in [-0.15, -0.1) is 0 Å². The van der Waals surface area contributed by atoms with E-state index in [1.165, 1.54) is 0 Å². The third kappa shape index (κ3) is 3.30. The van der Waals surface area contributed by atoms with Gasteiger partial charge in [-0.2, -0.15) is 0 Å². The van der Waals surface area contributed by atoms with E-state index in [2.05, 4.69) is 26.0 Å². The Morgan fingerprint density at radius 2 is 1.78 bits per heavy atom. The topological polar surface area (TPSA) is 29.5 Å². The summed E-state index contributed by atoms with van der Waals surface area (Å²) in [7, 11) is 0. The van der Waals surface area contributed by atoms with Crippen molar-refractivity contribution in [2.45, 2.75) is 32.4 Å². The van der Waals surface area contributed by atoms with Gasteiger partial charge in [0.15, 0.2) is 0 Å². The summed E-state index contributed by atoms with van der Waals surface area (Å²) in [6.07, 6.45) is 0.0734. The number of carbonyl (C=O) groups is 1. The summed E-state index contributed by atoms with van der Waals surface area (Å²) in [5.74, 6) is 0.0722. The fourth-order valence-corrected chi connectivity index (χ4v) is 2.96.